The first kappa shape index (κ1) is 15.7. The van der Waals surface area contributed by atoms with Crippen LogP contribution in [0.4, 0.5) is 0 Å². The van der Waals surface area contributed by atoms with Crippen LogP contribution in [0.3, 0.4) is 0 Å². The maximum atomic E-state index is 12.4. The van der Waals surface area contributed by atoms with Gasteiger partial charge in [0.15, 0.2) is 0 Å². The van der Waals surface area contributed by atoms with Crippen molar-refractivity contribution in [2.24, 2.45) is 23.0 Å². The van der Waals surface area contributed by atoms with Gasteiger partial charge < -0.3 is 10.5 Å². The second-order valence-corrected chi connectivity index (χ2v) is 7.95. The second-order valence-electron chi connectivity index (χ2n) is 7.95. The van der Waals surface area contributed by atoms with Crippen molar-refractivity contribution in [2.45, 2.75) is 51.4 Å². The largest absolute Gasteiger partial charge is 0.496 e. The molecule has 0 heterocycles. The molecule has 24 heavy (non-hydrogen) atoms. The molecule has 0 bridgehead atoms. The first-order valence-electron chi connectivity index (χ1n) is 8.99. The predicted molar refractivity (Wildman–Crippen MR) is 91.1 cm³/mol. The Bertz CT molecular complexity index is 726. The van der Waals surface area contributed by atoms with Gasteiger partial charge in [-0.25, -0.2) is 0 Å². The summed E-state index contributed by atoms with van der Waals surface area (Å²) in [6.45, 7) is 2.19. The normalized spacial score (nSPS) is 34.2. The molecule has 4 heteroatoms. The van der Waals surface area contributed by atoms with Gasteiger partial charge in [-0.2, -0.15) is 0 Å². The van der Waals surface area contributed by atoms with Crippen LogP contribution in [0.25, 0.3) is 0 Å². The minimum atomic E-state index is -0.436. The fraction of sp³-hybridized carbons (Fsp3) is 0.600. The summed E-state index contributed by atoms with van der Waals surface area (Å²) < 4.78 is 5.42. The van der Waals surface area contributed by atoms with Gasteiger partial charge in [-0.05, 0) is 73.1 Å². The summed E-state index contributed by atoms with van der Waals surface area (Å²) in [5.74, 6) is 2.18. The molecule has 4 rings (SSSR count). The van der Waals surface area contributed by atoms with Gasteiger partial charge in [-0.15, -0.1) is 0 Å². The summed E-state index contributed by atoms with van der Waals surface area (Å²) in [5, 5.41) is 0. The minimum absolute atomic E-state index is 0.101. The third-order valence-electron chi connectivity index (χ3n) is 7.02. The summed E-state index contributed by atoms with van der Waals surface area (Å²) in [6, 6.07) is 3.96. The van der Waals surface area contributed by atoms with Gasteiger partial charge in [0.05, 0.1) is 12.7 Å². The van der Waals surface area contributed by atoms with Crippen LogP contribution in [0, 0.1) is 17.3 Å². The molecular weight excluding hydrogens is 302 g/mol. The topological polar surface area (TPSA) is 69.4 Å². The lowest BCUT2D eigenvalue weighted by atomic mass is 9.55. The lowest BCUT2D eigenvalue weighted by molar-refractivity contribution is -0.129. The molecule has 0 aliphatic heterocycles. The van der Waals surface area contributed by atoms with Gasteiger partial charge in [0.25, 0.3) is 5.91 Å². The molecule has 3 aliphatic carbocycles. The highest BCUT2D eigenvalue weighted by Crippen LogP contribution is 2.59. The zero-order valence-corrected chi connectivity index (χ0v) is 14.4. The molecule has 3 aliphatic rings. The molecule has 2 N–H and O–H groups in total. The molecule has 1 amide bonds. The number of Topliss-reactive ketones (excluding diaryl/α,β-unsaturated/α-hetero) is 1. The molecule has 2 saturated carbocycles. The van der Waals surface area contributed by atoms with Crippen molar-refractivity contribution in [2.75, 3.05) is 7.11 Å². The van der Waals surface area contributed by atoms with Crippen LogP contribution in [0.5, 0.6) is 5.75 Å². The van der Waals surface area contributed by atoms with E-state index in [1.54, 1.807) is 7.11 Å². The Morgan fingerprint density at radius 3 is 2.75 bits per heavy atom. The number of hydrogen-bond acceptors (Lipinski definition) is 3. The zero-order chi connectivity index (χ0) is 17.1. The Hall–Kier alpha value is -1.84. The van der Waals surface area contributed by atoms with Gasteiger partial charge in [0.2, 0.25) is 0 Å². The van der Waals surface area contributed by atoms with Crippen LogP contribution in [-0.4, -0.2) is 18.8 Å². The number of hydrogen-bond donors (Lipinski definition) is 1. The number of ketones is 1. The van der Waals surface area contributed by atoms with E-state index in [0.717, 1.165) is 38.5 Å². The number of methoxy groups -OCH3 is 1. The third kappa shape index (κ3) is 2.04. The first-order valence-corrected chi connectivity index (χ1v) is 8.99. The fourth-order valence-corrected chi connectivity index (χ4v) is 5.73. The molecule has 4 atom stereocenters. The number of carbonyl (C=O) groups is 2. The SMILES string of the molecule is COc1cc2c(cc1C(N)=O)CCC1C2CC[C@]2(C)C(=O)CCC12. The van der Waals surface area contributed by atoms with Gasteiger partial charge in [-0.3, -0.25) is 9.59 Å². The van der Waals surface area contributed by atoms with Crippen LogP contribution in [0.1, 0.15) is 66.4 Å². The summed E-state index contributed by atoms with van der Waals surface area (Å²) in [6.07, 6.45) is 5.90. The summed E-state index contributed by atoms with van der Waals surface area (Å²) in [5.41, 5.74) is 8.43. The van der Waals surface area contributed by atoms with E-state index in [4.69, 9.17) is 10.5 Å². The van der Waals surface area contributed by atoms with Crippen LogP contribution < -0.4 is 10.5 Å². The number of primary amides is 1. The van der Waals surface area contributed by atoms with Gasteiger partial charge in [-0.1, -0.05) is 6.92 Å². The Labute approximate surface area is 142 Å². The number of benzene rings is 1. The Balaban J connectivity index is 1.75. The Morgan fingerprint density at radius 1 is 1.25 bits per heavy atom. The van der Waals surface area contributed by atoms with Crippen molar-refractivity contribution >= 4 is 11.7 Å². The number of aryl methyl sites for hydroxylation is 1. The summed E-state index contributed by atoms with van der Waals surface area (Å²) >= 11 is 0. The molecule has 0 saturated heterocycles. The molecule has 1 aromatic rings. The minimum Gasteiger partial charge on any atom is -0.496 e. The second kappa shape index (κ2) is 5.33. The molecule has 0 radical (unpaired) electrons. The standard InChI is InChI=1S/C20H25NO3/c1-20-8-7-12-13(16(20)5-6-18(20)22)4-3-11-9-15(19(21)23)17(24-2)10-14(11)12/h9-10,12-13,16H,3-8H2,1-2H3,(H2,21,23)/t12?,13?,16?,20-/m0/s1. The van der Waals surface area contributed by atoms with Gasteiger partial charge in [0, 0.05) is 11.8 Å². The van der Waals surface area contributed by atoms with Crippen LogP contribution in [0.15, 0.2) is 12.1 Å². The molecule has 0 aromatic heterocycles. The summed E-state index contributed by atoms with van der Waals surface area (Å²) in [4.78, 5) is 24.1. The molecule has 1 aromatic carbocycles. The van der Waals surface area contributed by atoms with Crippen LogP contribution >= 0.6 is 0 Å². The highest BCUT2D eigenvalue weighted by Gasteiger charge is 2.54. The van der Waals surface area contributed by atoms with E-state index >= 15 is 0 Å². The lowest BCUT2D eigenvalue weighted by Gasteiger charge is -2.48. The van der Waals surface area contributed by atoms with E-state index in [2.05, 4.69) is 6.92 Å². The molecular formula is C20H25NO3. The molecule has 4 nitrogen and oxygen atoms in total. The maximum Gasteiger partial charge on any atom is 0.252 e. The van der Waals surface area contributed by atoms with Crippen molar-refractivity contribution in [3.8, 4) is 5.75 Å². The van der Waals surface area contributed by atoms with E-state index in [1.807, 2.05) is 12.1 Å². The average molecular weight is 327 g/mol. The number of amides is 1. The van der Waals surface area contributed by atoms with E-state index in [-0.39, 0.29) is 5.41 Å². The molecule has 2 fully saturated rings. The number of rotatable bonds is 2. The van der Waals surface area contributed by atoms with Crippen molar-refractivity contribution < 1.29 is 14.3 Å². The smallest absolute Gasteiger partial charge is 0.252 e. The van der Waals surface area contributed by atoms with Crippen molar-refractivity contribution in [3.05, 3.63) is 28.8 Å². The highest BCUT2D eigenvalue weighted by atomic mass is 16.5. The molecule has 0 spiro atoms. The van der Waals surface area contributed by atoms with Crippen molar-refractivity contribution in [1.29, 1.82) is 0 Å². The van der Waals surface area contributed by atoms with Crippen LogP contribution in [-0.2, 0) is 11.2 Å². The number of ether oxygens (including phenoxy) is 1. The average Bonchev–Trinajstić information content (AvgIpc) is 2.88. The molecule has 3 unspecified atom stereocenters. The third-order valence-corrected chi connectivity index (χ3v) is 7.02. The quantitative estimate of drug-likeness (QED) is 0.906. The number of nitrogens with two attached hydrogens (primary N) is 1. The van der Waals surface area contributed by atoms with E-state index in [9.17, 15) is 9.59 Å². The van der Waals surface area contributed by atoms with Crippen molar-refractivity contribution in [3.63, 3.8) is 0 Å². The maximum absolute atomic E-state index is 12.4. The van der Waals surface area contributed by atoms with Gasteiger partial charge >= 0.3 is 0 Å². The molecule has 128 valence electrons. The predicted octanol–water partition coefficient (Wildman–Crippen LogP) is 3.22. The van der Waals surface area contributed by atoms with Gasteiger partial charge in [0.1, 0.15) is 11.5 Å². The van der Waals surface area contributed by atoms with Crippen LogP contribution in [0.2, 0.25) is 0 Å². The Kier molecular flexibility index (Phi) is 3.48. The van der Waals surface area contributed by atoms with E-state index in [0.29, 0.717) is 34.8 Å². The number of carbonyl (C=O) groups excluding carboxylic acids is 2. The van der Waals surface area contributed by atoms with E-state index in [1.165, 1.54) is 11.1 Å². The van der Waals surface area contributed by atoms with E-state index < -0.39 is 5.91 Å². The zero-order valence-electron chi connectivity index (χ0n) is 14.4. The fourth-order valence-electron chi connectivity index (χ4n) is 5.73. The van der Waals surface area contributed by atoms with Crippen molar-refractivity contribution in [1.82, 2.24) is 0 Å². The first-order chi connectivity index (χ1) is 11.5. The lowest BCUT2D eigenvalue weighted by Crippen LogP contribution is -2.42. The summed E-state index contributed by atoms with van der Waals surface area (Å²) in [7, 11) is 1.59. The highest BCUT2D eigenvalue weighted by molar-refractivity contribution is 5.96. The number of fused-ring (bicyclic) bond motifs is 5. The monoisotopic (exact) mass is 327 g/mol. The Morgan fingerprint density at radius 2 is 2.04 bits per heavy atom.